The molecule has 26 heavy (non-hydrogen) atoms. The molecule has 130 valence electrons. The molecule has 4 rings (SSSR count). The summed E-state index contributed by atoms with van der Waals surface area (Å²) in [6.07, 6.45) is 1.77. The Morgan fingerprint density at radius 1 is 1.31 bits per heavy atom. The van der Waals surface area contributed by atoms with Gasteiger partial charge in [-0.05, 0) is 23.8 Å². The van der Waals surface area contributed by atoms with Gasteiger partial charge >= 0.3 is 0 Å². The van der Waals surface area contributed by atoms with Gasteiger partial charge in [-0.3, -0.25) is 14.7 Å². The first-order chi connectivity index (χ1) is 12.6. The lowest BCUT2D eigenvalue weighted by atomic mass is 10.1. The van der Waals surface area contributed by atoms with Crippen LogP contribution in [0.3, 0.4) is 0 Å². The minimum absolute atomic E-state index is 0.0306. The molecule has 1 aliphatic rings. The molecule has 2 aromatic heterocycles. The maximum atomic E-state index is 11.5. The molecule has 1 aromatic carbocycles. The number of rotatable bonds is 3. The Bertz CT molecular complexity index is 1020. The maximum Gasteiger partial charge on any atom is 0.234 e. The third-order valence-corrected chi connectivity index (χ3v) is 4.51. The molecule has 3 heterocycles. The Kier molecular flexibility index (Phi) is 4.03. The summed E-state index contributed by atoms with van der Waals surface area (Å²) in [6.45, 7) is 2.54. The highest BCUT2D eigenvalue weighted by atomic mass is 16.3. The normalized spacial score (nSPS) is 15.0. The number of amides is 1. The fourth-order valence-corrected chi connectivity index (χ4v) is 3.26. The van der Waals surface area contributed by atoms with Crippen LogP contribution >= 0.6 is 0 Å². The van der Waals surface area contributed by atoms with Gasteiger partial charge in [0.1, 0.15) is 0 Å². The summed E-state index contributed by atoms with van der Waals surface area (Å²) in [4.78, 5) is 20.9. The number of hydrogen-bond donors (Lipinski definition) is 3. The molecule has 0 unspecified atom stereocenters. The summed E-state index contributed by atoms with van der Waals surface area (Å²) in [5, 5.41) is 22.9. The predicted molar refractivity (Wildman–Crippen MR) is 96.2 cm³/mol. The van der Waals surface area contributed by atoms with E-state index in [1.807, 2.05) is 12.1 Å². The van der Waals surface area contributed by atoms with Crippen LogP contribution in [0.2, 0.25) is 0 Å². The second-order valence-corrected chi connectivity index (χ2v) is 6.33. The van der Waals surface area contributed by atoms with Gasteiger partial charge in [0.25, 0.3) is 0 Å². The van der Waals surface area contributed by atoms with Gasteiger partial charge in [-0.25, -0.2) is 0 Å². The highest BCUT2D eigenvalue weighted by molar-refractivity contribution is 5.98. The maximum absolute atomic E-state index is 11.5. The number of benzene rings is 1. The lowest BCUT2D eigenvalue weighted by molar-refractivity contribution is -0.124. The molecule has 1 amide bonds. The number of fused-ring (bicyclic) bond motifs is 1. The number of nitrogens with one attached hydrogen (secondary N) is 2. The van der Waals surface area contributed by atoms with Crippen molar-refractivity contribution in [3.05, 3.63) is 47.7 Å². The second-order valence-electron chi connectivity index (χ2n) is 6.33. The van der Waals surface area contributed by atoms with Crippen molar-refractivity contribution in [1.82, 2.24) is 20.2 Å². The van der Waals surface area contributed by atoms with Crippen molar-refractivity contribution in [3.8, 4) is 23.2 Å². The Morgan fingerprint density at radius 3 is 2.92 bits per heavy atom. The molecule has 1 aliphatic heterocycles. The minimum atomic E-state index is 0.0306. The zero-order valence-corrected chi connectivity index (χ0v) is 14.0. The van der Waals surface area contributed by atoms with Crippen molar-refractivity contribution in [2.45, 2.75) is 6.54 Å². The van der Waals surface area contributed by atoms with Gasteiger partial charge < -0.3 is 15.4 Å². The summed E-state index contributed by atoms with van der Waals surface area (Å²) in [6, 6.07) is 11.1. The Balaban J connectivity index is 1.61. The lowest BCUT2D eigenvalue weighted by Gasteiger charge is -2.26. The number of piperazine rings is 1. The first-order valence-electron chi connectivity index (χ1n) is 8.33. The van der Waals surface area contributed by atoms with Crippen LogP contribution in [0.1, 0.15) is 11.1 Å². The molecule has 7 heteroatoms. The summed E-state index contributed by atoms with van der Waals surface area (Å²) >= 11 is 0. The number of pyridine rings is 1. The highest BCUT2D eigenvalue weighted by Gasteiger charge is 2.17. The van der Waals surface area contributed by atoms with E-state index in [0.717, 1.165) is 17.5 Å². The number of nitrogens with zero attached hydrogens (tertiary/aromatic N) is 3. The molecule has 0 saturated carbocycles. The molecular weight excluding hydrogens is 330 g/mol. The van der Waals surface area contributed by atoms with E-state index in [0.29, 0.717) is 42.0 Å². The van der Waals surface area contributed by atoms with E-state index in [1.54, 1.807) is 24.4 Å². The van der Waals surface area contributed by atoms with Crippen molar-refractivity contribution in [2.24, 2.45) is 0 Å². The quantitative estimate of drug-likeness (QED) is 0.669. The van der Waals surface area contributed by atoms with E-state index in [1.165, 1.54) is 0 Å². The van der Waals surface area contributed by atoms with Crippen LogP contribution in [0.25, 0.3) is 22.2 Å². The van der Waals surface area contributed by atoms with Gasteiger partial charge in [-0.15, -0.1) is 0 Å². The fourth-order valence-electron chi connectivity index (χ4n) is 3.26. The average molecular weight is 347 g/mol. The molecule has 1 saturated heterocycles. The number of carbonyl (C=O) groups is 1. The van der Waals surface area contributed by atoms with Gasteiger partial charge in [0, 0.05) is 31.2 Å². The molecule has 0 aliphatic carbocycles. The molecule has 0 radical (unpaired) electrons. The zero-order valence-electron chi connectivity index (χ0n) is 14.0. The van der Waals surface area contributed by atoms with Crippen molar-refractivity contribution >= 4 is 16.8 Å². The second kappa shape index (κ2) is 6.50. The number of H-pyrrole nitrogens is 1. The third kappa shape index (κ3) is 2.98. The van der Waals surface area contributed by atoms with E-state index in [4.69, 9.17) is 5.26 Å². The molecule has 3 N–H and O–H groups in total. The van der Waals surface area contributed by atoms with Crippen LogP contribution in [0.4, 0.5) is 0 Å². The summed E-state index contributed by atoms with van der Waals surface area (Å²) in [7, 11) is 0. The zero-order chi connectivity index (χ0) is 18.1. The SMILES string of the molecule is N#Cc1ccc2c(-c3ccc(CN4CCNC(=O)C4)cn3)c(O)[nH]c2c1. The standard InChI is InChI=1S/C19H17N5O2/c20-8-12-1-3-14-16(7-12)23-19(26)18(14)15-4-2-13(9-22-15)10-24-6-5-21-17(25)11-24/h1-4,7,9,23,26H,5-6,10-11H2,(H,21,25). The molecular formula is C19H17N5O2. The van der Waals surface area contributed by atoms with Crippen LogP contribution in [0.15, 0.2) is 36.5 Å². The Labute approximate surface area is 149 Å². The molecule has 0 spiro atoms. The molecule has 1 fully saturated rings. The van der Waals surface area contributed by atoms with Crippen LogP contribution in [-0.2, 0) is 11.3 Å². The number of aromatic nitrogens is 2. The van der Waals surface area contributed by atoms with Crippen molar-refractivity contribution in [1.29, 1.82) is 5.26 Å². The van der Waals surface area contributed by atoms with Crippen LogP contribution in [0, 0.1) is 11.3 Å². The number of nitriles is 1. The third-order valence-electron chi connectivity index (χ3n) is 4.51. The smallest absolute Gasteiger partial charge is 0.234 e. The van der Waals surface area contributed by atoms with E-state index >= 15 is 0 Å². The number of aromatic hydroxyl groups is 1. The molecule has 0 bridgehead atoms. The summed E-state index contributed by atoms with van der Waals surface area (Å²) < 4.78 is 0. The fraction of sp³-hybridized carbons (Fsp3) is 0.211. The first kappa shape index (κ1) is 16.1. The summed E-state index contributed by atoms with van der Waals surface area (Å²) in [5.74, 6) is 0.0734. The number of aromatic amines is 1. The van der Waals surface area contributed by atoms with E-state index in [2.05, 4.69) is 26.3 Å². The van der Waals surface area contributed by atoms with Gasteiger partial charge in [0.05, 0.1) is 35.0 Å². The van der Waals surface area contributed by atoms with Gasteiger partial charge in [-0.1, -0.05) is 12.1 Å². The van der Waals surface area contributed by atoms with Crippen LogP contribution in [-0.4, -0.2) is 45.5 Å². The topological polar surface area (TPSA) is 105 Å². The van der Waals surface area contributed by atoms with Crippen LogP contribution in [0.5, 0.6) is 5.88 Å². The van der Waals surface area contributed by atoms with E-state index in [9.17, 15) is 9.90 Å². The monoisotopic (exact) mass is 347 g/mol. The minimum Gasteiger partial charge on any atom is -0.494 e. The summed E-state index contributed by atoms with van der Waals surface area (Å²) in [5.41, 5.74) is 3.50. The van der Waals surface area contributed by atoms with Crippen molar-refractivity contribution in [3.63, 3.8) is 0 Å². The van der Waals surface area contributed by atoms with E-state index in [-0.39, 0.29) is 11.8 Å². The Morgan fingerprint density at radius 2 is 2.19 bits per heavy atom. The molecule has 0 atom stereocenters. The van der Waals surface area contributed by atoms with Crippen LogP contribution < -0.4 is 5.32 Å². The first-order valence-corrected chi connectivity index (χ1v) is 8.33. The largest absolute Gasteiger partial charge is 0.494 e. The molecule has 7 nitrogen and oxygen atoms in total. The van der Waals surface area contributed by atoms with Crippen molar-refractivity contribution in [2.75, 3.05) is 19.6 Å². The highest BCUT2D eigenvalue weighted by Crippen LogP contribution is 2.35. The van der Waals surface area contributed by atoms with E-state index < -0.39 is 0 Å². The van der Waals surface area contributed by atoms with Gasteiger partial charge in [0.2, 0.25) is 5.91 Å². The lowest BCUT2D eigenvalue weighted by Crippen LogP contribution is -2.47. The molecule has 3 aromatic rings. The number of hydrogen-bond acceptors (Lipinski definition) is 5. The number of carbonyl (C=O) groups excluding carboxylic acids is 1. The average Bonchev–Trinajstić information content (AvgIpc) is 2.97. The predicted octanol–water partition coefficient (Wildman–Crippen LogP) is 1.74. The van der Waals surface area contributed by atoms with Crippen molar-refractivity contribution < 1.29 is 9.90 Å². The van der Waals surface area contributed by atoms with Gasteiger partial charge in [0.15, 0.2) is 5.88 Å². The Hall–Kier alpha value is -3.37. The van der Waals surface area contributed by atoms with Gasteiger partial charge in [-0.2, -0.15) is 5.26 Å².